The van der Waals surface area contributed by atoms with Crippen molar-refractivity contribution in [2.24, 2.45) is 0 Å². The second-order valence-electron chi connectivity index (χ2n) is 5.35. The number of ether oxygens (including phenoxy) is 2. The first-order chi connectivity index (χ1) is 11.1. The number of hydrogen-bond acceptors (Lipinski definition) is 4. The Kier molecular flexibility index (Phi) is 6.47. The summed E-state index contributed by atoms with van der Waals surface area (Å²) in [6, 6.07) is 7.43. The summed E-state index contributed by atoms with van der Waals surface area (Å²) < 4.78 is 10.7. The first-order valence-electron chi connectivity index (χ1n) is 7.67. The van der Waals surface area contributed by atoms with Gasteiger partial charge in [-0.1, -0.05) is 0 Å². The van der Waals surface area contributed by atoms with E-state index in [1.54, 1.807) is 18.4 Å². The van der Waals surface area contributed by atoms with Crippen LogP contribution in [0.4, 0.5) is 0 Å². The Morgan fingerprint density at radius 2 is 1.87 bits per heavy atom. The maximum absolute atomic E-state index is 11.8. The summed E-state index contributed by atoms with van der Waals surface area (Å²) in [5, 5.41) is 5.07. The van der Waals surface area contributed by atoms with Crippen molar-refractivity contribution in [2.75, 3.05) is 13.7 Å². The predicted molar refractivity (Wildman–Crippen MR) is 93.4 cm³/mol. The highest BCUT2D eigenvalue weighted by molar-refractivity contribution is 7.10. The van der Waals surface area contributed by atoms with Gasteiger partial charge in [0.05, 0.1) is 13.7 Å². The number of aryl methyl sites for hydroxylation is 1. The van der Waals surface area contributed by atoms with E-state index >= 15 is 0 Å². The van der Waals surface area contributed by atoms with Gasteiger partial charge >= 0.3 is 0 Å². The van der Waals surface area contributed by atoms with Crippen LogP contribution in [-0.4, -0.2) is 19.6 Å². The highest BCUT2D eigenvalue weighted by atomic mass is 32.1. The van der Waals surface area contributed by atoms with Crippen LogP contribution in [0.1, 0.15) is 28.8 Å². The van der Waals surface area contributed by atoms with Crippen LogP contribution in [0.3, 0.4) is 0 Å². The molecular weight excluding hydrogens is 310 g/mol. The Morgan fingerprint density at radius 1 is 1.17 bits per heavy atom. The molecule has 0 atom stereocenters. The standard InChI is InChI=1S/C18H23NO3S/c1-13-14(2)23-12-15(13)11-19-18(20)5-4-10-22-17-8-6-16(21-3)7-9-17/h6-9,12H,4-5,10-11H2,1-3H3,(H,19,20). The van der Waals surface area contributed by atoms with Crippen LogP contribution in [0.2, 0.25) is 0 Å². The fraction of sp³-hybridized carbons (Fsp3) is 0.389. The Morgan fingerprint density at radius 3 is 2.48 bits per heavy atom. The molecule has 4 nitrogen and oxygen atoms in total. The van der Waals surface area contributed by atoms with Gasteiger partial charge in [-0.3, -0.25) is 4.79 Å². The molecule has 1 aromatic carbocycles. The lowest BCUT2D eigenvalue weighted by Gasteiger charge is -2.08. The molecule has 0 aliphatic carbocycles. The second kappa shape index (κ2) is 8.58. The SMILES string of the molecule is COc1ccc(OCCCC(=O)NCc2csc(C)c2C)cc1. The molecule has 0 aliphatic rings. The molecule has 2 aromatic rings. The molecule has 5 heteroatoms. The van der Waals surface area contributed by atoms with Crippen molar-refractivity contribution in [3.63, 3.8) is 0 Å². The van der Waals surface area contributed by atoms with Crippen LogP contribution >= 0.6 is 11.3 Å². The maximum Gasteiger partial charge on any atom is 0.220 e. The highest BCUT2D eigenvalue weighted by Crippen LogP contribution is 2.20. The van der Waals surface area contributed by atoms with Crippen LogP contribution in [0, 0.1) is 13.8 Å². The molecule has 0 fully saturated rings. The van der Waals surface area contributed by atoms with Crippen LogP contribution in [-0.2, 0) is 11.3 Å². The smallest absolute Gasteiger partial charge is 0.220 e. The van der Waals surface area contributed by atoms with E-state index in [-0.39, 0.29) is 5.91 Å². The summed E-state index contributed by atoms with van der Waals surface area (Å²) in [7, 11) is 1.63. The fourth-order valence-electron chi connectivity index (χ4n) is 2.11. The van der Waals surface area contributed by atoms with Gasteiger partial charge in [-0.05, 0) is 61.0 Å². The Balaban J connectivity index is 1.63. The molecule has 0 saturated heterocycles. The van der Waals surface area contributed by atoms with Gasteiger partial charge < -0.3 is 14.8 Å². The monoisotopic (exact) mass is 333 g/mol. The van der Waals surface area contributed by atoms with Gasteiger partial charge in [0.15, 0.2) is 0 Å². The molecule has 1 amide bonds. The van der Waals surface area contributed by atoms with Crippen LogP contribution in [0.5, 0.6) is 11.5 Å². The topological polar surface area (TPSA) is 47.6 Å². The molecule has 1 aromatic heterocycles. The van der Waals surface area contributed by atoms with E-state index in [4.69, 9.17) is 9.47 Å². The van der Waals surface area contributed by atoms with Crippen molar-refractivity contribution in [3.8, 4) is 11.5 Å². The van der Waals surface area contributed by atoms with Crippen molar-refractivity contribution in [2.45, 2.75) is 33.2 Å². The van der Waals surface area contributed by atoms with Gasteiger partial charge in [-0.15, -0.1) is 11.3 Å². The zero-order valence-electron chi connectivity index (χ0n) is 13.8. The quantitative estimate of drug-likeness (QED) is 0.747. The summed E-state index contributed by atoms with van der Waals surface area (Å²) in [4.78, 5) is 13.2. The minimum absolute atomic E-state index is 0.0617. The number of methoxy groups -OCH3 is 1. The Labute approximate surface area is 141 Å². The summed E-state index contributed by atoms with van der Waals surface area (Å²) in [6.07, 6.45) is 1.16. The maximum atomic E-state index is 11.8. The molecule has 0 saturated carbocycles. The highest BCUT2D eigenvalue weighted by Gasteiger charge is 2.06. The molecule has 2 rings (SSSR count). The van der Waals surface area contributed by atoms with E-state index in [1.165, 1.54) is 16.0 Å². The molecule has 124 valence electrons. The summed E-state index contributed by atoms with van der Waals surface area (Å²) in [6.45, 7) is 5.32. The number of benzene rings is 1. The van der Waals surface area contributed by atoms with Crippen LogP contribution < -0.4 is 14.8 Å². The molecule has 0 spiro atoms. The van der Waals surface area contributed by atoms with Gasteiger partial charge in [-0.2, -0.15) is 0 Å². The molecule has 0 unspecified atom stereocenters. The third-order valence-electron chi connectivity index (χ3n) is 3.74. The molecule has 1 heterocycles. The third-order valence-corrected chi connectivity index (χ3v) is 4.80. The van der Waals surface area contributed by atoms with Gasteiger partial charge in [-0.25, -0.2) is 0 Å². The fourth-order valence-corrected chi connectivity index (χ4v) is 3.00. The number of carbonyl (C=O) groups excluding carboxylic acids is 1. The Hall–Kier alpha value is -2.01. The molecule has 1 N–H and O–H groups in total. The lowest BCUT2D eigenvalue weighted by Crippen LogP contribution is -2.23. The number of amides is 1. The van der Waals surface area contributed by atoms with Gasteiger partial charge in [0.25, 0.3) is 0 Å². The average Bonchev–Trinajstić information content (AvgIpc) is 2.89. The lowest BCUT2D eigenvalue weighted by molar-refractivity contribution is -0.121. The lowest BCUT2D eigenvalue weighted by atomic mass is 10.2. The number of nitrogens with one attached hydrogen (secondary N) is 1. The van der Waals surface area contributed by atoms with Crippen molar-refractivity contribution < 1.29 is 14.3 Å². The van der Waals surface area contributed by atoms with E-state index in [0.29, 0.717) is 26.0 Å². The van der Waals surface area contributed by atoms with Crippen LogP contribution in [0.25, 0.3) is 0 Å². The van der Waals surface area contributed by atoms with Gasteiger partial charge in [0.1, 0.15) is 11.5 Å². The number of thiophene rings is 1. The molecule has 0 bridgehead atoms. The van der Waals surface area contributed by atoms with Crippen molar-refractivity contribution >= 4 is 17.2 Å². The van der Waals surface area contributed by atoms with Gasteiger partial charge in [0, 0.05) is 17.8 Å². The Bertz CT molecular complexity index is 634. The molecule has 0 radical (unpaired) electrons. The summed E-state index contributed by atoms with van der Waals surface area (Å²) in [5.41, 5.74) is 2.48. The second-order valence-corrected chi connectivity index (χ2v) is 6.43. The van der Waals surface area contributed by atoms with E-state index in [9.17, 15) is 4.79 Å². The molecule has 0 aliphatic heterocycles. The number of rotatable bonds is 8. The van der Waals surface area contributed by atoms with Crippen molar-refractivity contribution in [1.29, 1.82) is 0 Å². The predicted octanol–water partition coefficient (Wildman–Crippen LogP) is 3.85. The summed E-state index contributed by atoms with van der Waals surface area (Å²) >= 11 is 1.72. The third kappa shape index (κ3) is 5.28. The average molecular weight is 333 g/mol. The summed E-state index contributed by atoms with van der Waals surface area (Å²) in [5.74, 6) is 1.65. The van der Waals surface area contributed by atoms with Crippen molar-refractivity contribution in [1.82, 2.24) is 5.32 Å². The number of carbonyl (C=O) groups is 1. The normalized spacial score (nSPS) is 10.4. The molecule has 23 heavy (non-hydrogen) atoms. The minimum Gasteiger partial charge on any atom is -0.497 e. The zero-order valence-corrected chi connectivity index (χ0v) is 14.7. The van der Waals surface area contributed by atoms with E-state index in [2.05, 4.69) is 24.5 Å². The molecular formula is C18H23NO3S. The van der Waals surface area contributed by atoms with E-state index in [0.717, 1.165) is 11.5 Å². The minimum atomic E-state index is 0.0617. The van der Waals surface area contributed by atoms with E-state index in [1.807, 2.05) is 24.3 Å². The van der Waals surface area contributed by atoms with Crippen molar-refractivity contribution in [3.05, 3.63) is 45.6 Å². The van der Waals surface area contributed by atoms with Gasteiger partial charge in [0.2, 0.25) is 5.91 Å². The first kappa shape index (κ1) is 17.3. The van der Waals surface area contributed by atoms with Crippen LogP contribution in [0.15, 0.2) is 29.6 Å². The zero-order chi connectivity index (χ0) is 16.7. The first-order valence-corrected chi connectivity index (χ1v) is 8.55. The number of hydrogen-bond donors (Lipinski definition) is 1. The van der Waals surface area contributed by atoms with E-state index < -0.39 is 0 Å². The largest absolute Gasteiger partial charge is 0.497 e.